The van der Waals surface area contributed by atoms with Crippen LogP contribution in [-0.4, -0.2) is 34.7 Å². The predicted molar refractivity (Wildman–Crippen MR) is 79.1 cm³/mol. The van der Waals surface area contributed by atoms with Crippen molar-refractivity contribution in [2.75, 3.05) is 6.54 Å². The van der Waals surface area contributed by atoms with Crippen LogP contribution in [-0.2, 0) is 0 Å². The molecule has 110 valence electrons. The van der Waals surface area contributed by atoms with E-state index in [2.05, 4.69) is 18.7 Å². The maximum absolute atomic E-state index is 10.8. The second-order valence-corrected chi connectivity index (χ2v) is 7.88. The highest BCUT2D eigenvalue weighted by molar-refractivity contribution is 4.98. The van der Waals surface area contributed by atoms with Crippen LogP contribution in [0.4, 0.5) is 0 Å². The van der Waals surface area contributed by atoms with Crippen molar-refractivity contribution in [1.29, 1.82) is 0 Å². The molecule has 3 aliphatic rings. The number of piperidine rings is 1. The van der Waals surface area contributed by atoms with Crippen LogP contribution in [0.25, 0.3) is 0 Å². The molecule has 0 aromatic carbocycles. The van der Waals surface area contributed by atoms with Gasteiger partial charge in [-0.2, -0.15) is 0 Å². The molecule has 0 bridgehead atoms. The van der Waals surface area contributed by atoms with Crippen LogP contribution < -0.4 is 0 Å². The van der Waals surface area contributed by atoms with Crippen LogP contribution in [0, 0.1) is 11.3 Å². The molecule has 1 saturated heterocycles. The summed E-state index contributed by atoms with van der Waals surface area (Å²) in [4.78, 5) is 2.74. The lowest BCUT2D eigenvalue weighted by Gasteiger charge is -2.52. The Labute approximate surface area is 118 Å². The van der Waals surface area contributed by atoms with Gasteiger partial charge in [0.1, 0.15) is 0 Å². The van der Waals surface area contributed by atoms with Crippen molar-refractivity contribution in [2.45, 2.75) is 89.8 Å². The van der Waals surface area contributed by atoms with E-state index in [1.165, 1.54) is 64.3 Å². The van der Waals surface area contributed by atoms with E-state index in [-0.39, 0.29) is 11.5 Å². The molecule has 1 N–H and O–H groups in total. The van der Waals surface area contributed by atoms with Gasteiger partial charge in [-0.1, -0.05) is 33.1 Å². The molecule has 3 rings (SSSR count). The van der Waals surface area contributed by atoms with Gasteiger partial charge in [0.25, 0.3) is 0 Å². The van der Waals surface area contributed by atoms with Crippen LogP contribution in [0.3, 0.4) is 0 Å². The van der Waals surface area contributed by atoms with Gasteiger partial charge >= 0.3 is 0 Å². The normalized spacial score (nSPS) is 43.7. The van der Waals surface area contributed by atoms with Crippen molar-refractivity contribution in [2.24, 2.45) is 11.3 Å². The summed E-state index contributed by atoms with van der Waals surface area (Å²) in [6.45, 7) is 5.75. The molecule has 0 aromatic heterocycles. The summed E-state index contributed by atoms with van der Waals surface area (Å²) in [5.41, 5.74) is 0.116. The van der Waals surface area contributed by atoms with Gasteiger partial charge < -0.3 is 5.11 Å². The zero-order valence-corrected chi connectivity index (χ0v) is 12.8. The van der Waals surface area contributed by atoms with Gasteiger partial charge in [-0.05, 0) is 56.4 Å². The molecular weight excluding hydrogens is 234 g/mol. The van der Waals surface area contributed by atoms with E-state index >= 15 is 0 Å². The molecule has 0 spiro atoms. The van der Waals surface area contributed by atoms with E-state index in [0.717, 1.165) is 12.0 Å². The number of likely N-dealkylation sites (tertiary alicyclic amines) is 1. The Morgan fingerprint density at radius 2 is 1.58 bits per heavy atom. The van der Waals surface area contributed by atoms with Gasteiger partial charge in [-0.15, -0.1) is 0 Å². The Hall–Kier alpha value is -0.0800. The molecule has 3 fully saturated rings. The fraction of sp³-hybridized carbons (Fsp3) is 1.00. The van der Waals surface area contributed by atoms with Crippen LogP contribution in [0.5, 0.6) is 0 Å². The minimum absolute atomic E-state index is 0.116. The summed E-state index contributed by atoms with van der Waals surface area (Å²) in [6, 6.07) is 1.23. The van der Waals surface area contributed by atoms with E-state index in [4.69, 9.17) is 0 Å². The SMILES string of the molecule is CC1(C)CCCC(N2CCC[C@H]3CCCC[C@H]32)C1O. The molecule has 2 unspecified atom stereocenters. The maximum Gasteiger partial charge on any atom is 0.0746 e. The van der Waals surface area contributed by atoms with Crippen molar-refractivity contribution in [1.82, 2.24) is 4.90 Å². The molecule has 2 heteroatoms. The summed E-state index contributed by atoms with van der Waals surface area (Å²) in [6.07, 6.45) is 12.0. The number of rotatable bonds is 1. The smallest absolute Gasteiger partial charge is 0.0746 e. The highest BCUT2D eigenvalue weighted by atomic mass is 16.3. The predicted octanol–water partition coefficient (Wildman–Crippen LogP) is 3.58. The average molecular weight is 265 g/mol. The fourth-order valence-corrected chi connectivity index (χ4v) is 5.02. The molecule has 1 heterocycles. The van der Waals surface area contributed by atoms with Crippen LogP contribution in [0.15, 0.2) is 0 Å². The number of nitrogens with zero attached hydrogens (tertiary/aromatic N) is 1. The van der Waals surface area contributed by atoms with E-state index in [1.54, 1.807) is 0 Å². The van der Waals surface area contributed by atoms with Gasteiger partial charge in [0.05, 0.1) is 6.10 Å². The Bertz CT molecular complexity index is 312. The minimum atomic E-state index is -0.123. The average Bonchev–Trinajstić information content (AvgIpc) is 2.41. The first-order valence-corrected chi connectivity index (χ1v) is 8.53. The summed E-state index contributed by atoms with van der Waals surface area (Å²) in [7, 11) is 0. The van der Waals surface area contributed by atoms with E-state index in [1.807, 2.05) is 0 Å². The second kappa shape index (κ2) is 5.37. The van der Waals surface area contributed by atoms with Gasteiger partial charge in [0.15, 0.2) is 0 Å². The third-order valence-electron chi connectivity index (χ3n) is 6.20. The number of fused-ring (bicyclic) bond motifs is 1. The molecule has 2 aliphatic carbocycles. The topological polar surface area (TPSA) is 23.5 Å². The third-order valence-corrected chi connectivity index (χ3v) is 6.20. The summed E-state index contributed by atoms with van der Waals surface area (Å²) in [5, 5.41) is 10.8. The Kier molecular flexibility index (Phi) is 3.92. The fourth-order valence-electron chi connectivity index (χ4n) is 5.02. The standard InChI is InChI=1S/C17H31NO/c1-17(2)11-5-10-15(16(17)19)18-12-6-8-13-7-3-4-9-14(13)18/h13-16,19H,3-12H2,1-2H3/t13-,14-,15?,16?/m1/s1. The monoisotopic (exact) mass is 265 g/mol. The molecule has 1 aliphatic heterocycles. The summed E-state index contributed by atoms with van der Waals surface area (Å²) >= 11 is 0. The first-order valence-electron chi connectivity index (χ1n) is 8.53. The molecule has 4 atom stereocenters. The Morgan fingerprint density at radius 3 is 2.42 bits per heavy atom. The molecule has 2 saturated carbocycles. The molecule has 0 amide bonds. The van der Waals surface area contributed by atoms with Gasteiger partial charge in [-0.3, -0.25) is 4.90 Å². The van der Waals surface area contributed by atoms with Crippen LogP contribution in [0.1, 0.15) is 71.6 Å². The third kappa shape index (κ3) is 2.58. The second-order valence-electron chi connectivity index (χ2n) is 7.88. The van der Waals surface area contributed by atoms with E-state index in [9.17, 15) is 5.11 Å². The van der Waals surface area contributed by atoms with Gasteiger partial charge in [0, 0.05) is 12.1 Å². The number of aliphatic hydroxyl groups excluding tert-OH is 1. The maximum atomic E-state index is 10.8. The Morgan fingerprint density at radius 1 is 0.895 bits per heavy atom. The number of hydrogen-bond acceptors (Lipinski definition) is 2. The van der Waals surface area contributed by atoms with Gasteiger partial charge in [0.2, 0.25) is 0 Å². The largest absolute Gasteiger partial charge is 0.391 e. The molecule has 0 radical (unpaired) electrons. The highest BCUT2D eigenvalue weighted by Gasteiger charge is 2.44. The van der Waals surface area contributed by atoms with Crippen molar-refractivity contribution < 1.29 is 5.11 Å². The van der Waals surface area contributed by atoms with Crippen molar-refractivity contribution in [3.8, 4) is 0 Å². The lowest BCUT2D eigenvalue weighted by molar-refractivity contribution is -0.0912. The molecule has 2 nitrogen and oxygen atoms in total. The first kappa shape index (κ1) is 13.9. The van der Waals surface area contributed by atoms with Gasteiger partial charge in [-0.25, -0.2) is 0 Å². The summed E-state index contributed by atoms with van der Waals surface area (Å²) < 4.78 is 0. The first-order chi connectivity index (χ1) is 9.09. The van der Waals surface area contributed by atoms with Crippen LogP contribution in [0.2, 0.25) is 0 Å². The zero-order valence-electron chi connectivity index (χ0n) is 12.8. The number of hydrogen-bond donors (Lipinski definition) is 1. The highest BCUT2D eigenvalue weighted by Crippen LogP contribution is 2.42. The zero-order chi connectivity index (χ0) is 13.5. The Balaban J connectivity index is 1.76. The minimum Gasteiger partial charge on any atom is -0.391 e. The lowest BCUT2D eigenvalue weighted by atomic mass is 9.70. The van der Waals surface area contributed by atoms with Crippen molar-refractivity contribution in [3.63, 3.8) is 0 Å². The van der Waals surface area contributed by atoms with Crippen molar-refractivity contribution >= 4 is 0 Å². The lowest BCUT2D eigenvalue weighted by Crippen LogP contribution is -2.59. The quantitative estimate of drug-likeness (QED) is 0.783. The van der Waals surface area contributed by atoms with Crippen LogP contribution >= 0.6 is 0 Å². The number of aliphatic hydroxyl groups is 1. The van der Waals surface area contributed by atoms with E-state index in [0.29, 0.717) is 6.04 Å². The molecule has 0 aromatic rings. The summed E-state index contributed by atoms with van der Waals surface area (Å²) in [5.74, 6) is 0.930. The molecular formula is C17H31NO. The van der Waals surface area contributed by atoms with E-state index < -0.39 is 0 Å². The molecule has 19 heavy (non-hydrogen) atoms. The van der Waals surface area contributed by atoms with Crippen molar-refractivity contribution in [3.05, 3.63) is 0 Å².